The van der Waals surface area contributed by atoms with Gasteiger partial charge < -0.3 is 9.72 Å². The molecule has 1 aliphatic rings. The van der Waals surface area contributed by atoms with Gasteiger partial charge in [0, 0.05) is 11.3 Å². The fourth-order valence-electron chi connectivity index (χ4n) is 3.60. The number of fused-ring (bicyclic) bond motifs is 3. The number of aromatic nitrogens is 2. The zero-order valence-corrected chi connectivity index (χ0v) is 16.1. The second-order valence-corrected chi connectivity index (χ2v) is 8.03. The van der Waals surface area contributed by atoms with Crippen molar-refractivity contribution in [3.63, 3.8) is 0 Å². The lowest BCUT2D eigenvalue weighted by molar-refractivity contribution is -0.148. The number of esters is 1. The summed E-state index contributed by atoms with van der Waals surface area (Å²) in [7, 11) is 0. The number of aromatic amines is 1. The number of hydrogen-bond donors (Lipinski definition) is 1. The first-order chi connectivity index (χ1) is 13.1. The number of carbonyl (C=O) groups is 1. The number of nitrogens with zero attached hydrogens (tertiary/aromatic N) is 1. The number of rotatable bonds is 5. The molecule has 0 saturated heterocycles. The Morgan fingerprint density at radius 1 is 1.26 bits per heavy atom. The predicted octanol–water partition coefficient (Wildman–Crippen LogP) is 4.10. The van der Waals surface area contributed by atoms with E-state index in [2.05, 4.69) is 9.97 Å². The Kier molecular flexibility index (Phi) is 5.07. The van der Waals surface area contributed by atoms with E-state index >= 15 is 0 Å². The first kappa shape index (κ1) is 17.9. The normalized spacial score (nSPS) is 14.7. The van der Waals surface area contributed by atoms with Gasteiger partial charge in [-0.25, -0.2) is 4.98 Å². The van der Waals surface area contributed by atoms with Crippen LogP contribution in [0.5, 0.6) is 0 Å². The average Bonchev–Trinajstić information content (AvgIpc) is 3.06. The van der Waals surface area contributed by atoms with Crippen molar-refractivity contribution < 1.29 is 9.53 Å². The van der Waals surface area contributed by atoms with Crippen LogP contribution in [0.15, 0.2) is 35.1 Å². The van der Waals surface area contributed by atoms with Crippen LogP contribution in [-0.2, 0) is 28.8 Å². The molecule has 0 unspecified atom stereocenters. The summed E-state index contributed by atoms with van der Waals surface area (Å²) in [6, 6.07) is 9.64. The van der Waals surface area contributed by atoms with Crippen molar-refractivity contribution in [3.8, 4) is 0 Å². The van der Waals surface area contributed by atoms with E-state index in [0.29, 0.717) is 12.2 Å². The Morgan fingerprint density at radius 3 is 2.85 bits per heavy atom. The number of carbonyl (C=O) groups excluding carboxylic acids is 1. The average molecular weight is 382 g/mol. The van der Waals surface area contributed by atoms with Crippen molar-refractivity contribution in [3.05, 3.63) is 62.5 Å². The Bertz CT molecular complexity index is 1020. The largest absolute Gasteiger partial charge is 0.458 e. The van der Waals surface area contributed by atoms with Gasteiger partial charge in [-0.3, -0.25) is 9.59 Å². The van der Waals surface area contributed by atoms with Gasteiger partial charge in [-0.1, -0.05) is 30.3 Å². The monoisotopic (exact) mass is 382 g/mol. The lowest BCUT2D eigenvalue weighted by Crippen LogP contribution is -2.15. The standard InChI is InChI=1S/C21H22N2O3S/c1-13(14-7-3-2-4-8-14)26-18(24)12-11-17-22-20(25)19-15-9-5-6-10-16(15)27-21(19)23-17/h2-4,7-8,13H,5-6,9-12H2,1H3,(H,22,23,25)/t13-/m0/s1. The van der Waals surface area contributed by atoms with E-state index in [-0.39, 0.29) is 24.1 Å². The van der Waals surface area contributed by atoms with Gasteiger partial charge in [0.05, 0.1) is 11.8 Å². The smallest absolute Gasteiger partial charge is 0.306 e. The topological polar surface area (TPSA) is 72.0 Å². The summed E-state index contributed by atoms with van der Waals surface area (Å²) >= 11 is 1.62. The van der Waals surface area contributed by atoms with Crippen LogP contribution in [0.4, 0.5) is 0 Å². The minimum atomic E-state index is -0.294. The van der Waals surface area contributed by atoms with Gasteiger partial charge in [0.25, 0.3) is 5.56 Å². The molecule has 2 heterocycles. The van der Waals surface area contributed by atoms with E-state index in [1.54, 1.807) is 11.3 Å². The first-order valence-corrected chi connectivity index (χ1v) is 10.2. The van der Waals surface area contributed by atoms with Crippen LogP contribution in [0.1, 0.15) is 54.1 Å². The zero-order valence-electron chi connectivity index (χ0n) is 15.3. The highest BCUT2D eigenvalue weighted by Crippen LogP contribution is 2.33. The van der Waals surface area contributed by atoms with Gasteiger partial charge in [0.1, 0.15) is 16.8 Å². The van der Waals surface area contributed by atoms with Crippen molar-refractivity contribution in [1.82, 2.24) is 9.97 Å². The third kappa shape index (κ3) is 3.81. The molecule has 3 aromatic rings. The minimum absolute atomic E-state index is 0.0829. The maximum absolute atomic E-state index is 12.5. The quantitative estimate of drug-likeness (QED) is 0.674. The Hall–Kier alpha value is -2.47. The van der Waals surface area contributed by atoms with E-state index in [1.807, 2.05) is 37.3 Å². The van der Waals surface area contributed by atoms with Crippen molar-refractivity contribution in [2.24, 2.45) is 0 Å². The summed E-state index contributed by atoms with van der Waals surface area (Å²) in [6.45, 7) is 1.86. The van der Waals surface area contributed by atoms with Crippen LogP contribution in [0.2, 0.25) is 0 Å². The van der Waals surface area contributed by atoms with Crippen LogP contribution < -0.4 is 5.56 Å². The van der Waals surface area contributed by atoms with Gasteiger partial charge >= 0.3 is 5.97 Å². The summed E-state index contributed by atoms with van der Waals surface area (Å²) in [5.74, 6) is 0.259. The van der Waals surface area contributed by atoms with Crippen LogP contribution in [-0.4, -0.2) is 15.9 Å². The highest BCUT2D eigenvalue weighted by molar-refractivity contribution is 7.18. The first-order valence-electron chi connectivity index (χ1n) is 9.39. The molecule has 0 radical (unpaired) electrons. The molecule has 0 aliphatic heterocycles. The number of benzene rings is 1. The molecule has 1 atom stereocenters. The summed E-state index contributed by atoms with van der Waals surface area (Å²) < 4.78 is 5.49. The summed E-state index contributed by atoms with van der Waals surface area (Å²) in [5, 5.41) is 0.749. The molecular weight excluding hydrogens is 360 g/mol. The molecule has 2 aromatic heterocycles. The van der Waals surface area contributed by atoms with Gasteiger partial charge in [0.15, 0.2) is 0 Å². The fraction of sp³-hybridized carbons (Fsp3) is 0.381. The van der Waals surface area contributed by atoms with Gasteiger partial charge in [-0.05, 0) is 43.7 Å². The minimum Gasteiger partial charge on any atom is -0.458 e. The van der Waals surface area contributed by atoms with Gasteiger partial charge in [-0.15, -0.1) is 11.3 Å². The molecule has 140 valence electrons. The number of aryl methyl sites for hydroxylation is 3. The molecule has 5 nitrogen and oxygen atoms in total. The molecule has 27 heavy (non-hydrogen) atoms. The highest BCUT2D eigenvalue weighted by Gasteiger charge is 2.20. The molecular formula is C21H22N2O3S. The molecule has 1 aromatic carbocycles. The van der Waals surface area contributed by atoms with Crippen molar-refractivity contribution in [1.29, 1.82) is 0 Å². The van der Waals surface area contributed by atoms with Crippen molar-refractivity contribution in [2.45, 2.75) is 51.6 Å². The summed E-state index contributed by atoms with van der Waals surface area (Å²) in [6.07, 6.45) is 4.57. The Labute approximate surface area is 161 Å². The molecule has 1 aliphatic carbocycles. The van der Waals surface area contributed by atoms with Gasteiger partial charge in [0.2, 0.25) is 0 Å². The molecule has 0 bridgehead atoms. The van der Waals surface area contributed by atoms with E-state index < -0.39 is 0 Å². The second kappa shape index (κ2) is 7.64. The number of H-pyrrole nitrogens is 1. The maximum atomic E-state index is 12.5. The number of hydrogen-bond acceptors (Lipinski definition) is 5. The maximum Gasteiger partial charge on any atom is 0.306 e. The number of nitrogens with one attached hydrogen (secondary N) is 1. The molecule has 1 N–H and O–H groups in total. The molecule has 4 rings (SSSR count). The van der Waals surface area contributed by atoms with E-state index in [4.69, 9.17) is 4.74 Å². The van der Waals surface area contributed by atoms with Gasteiger partial charge in [-0.2, -0.15) is 0 Å². The molecule has 0 saturated carbocycles. The van der Waals surface area contributed by atoms with Crippen molar-refractivity contribution >= 4 is 27.5 Å². The van der Waals surface area contributed by atoms with Crippen LogP contribution in [0, 0.1) is 0 Å². The highest BCUT2D eigenvalue weighted by atomic mass is 32.1. The van der Waals surface area contributed by atoms with E-state index in [9.17, 15) is 9.59 Å². The SMILES string of the molecule is C[C@H](OC(=O)CCc1nc2sc3c(c2c(=O)[nH]1)CCCC3)c1ccccc1. The second-order valence-electron chi connectivity index (χ2n) is 6.95. The third-order valence-corrected chi connectivity index (χ3v) is 6.20. The fourth-order valence-corrected chi connectivity index (χ4v) is 4.88. The zero-order chi connectivity index (χ0) is 18.8. The lowest BCUT2D eigenvalue weighted by atomic mass is 9.97. The van der Waals surface area contributed by atoms with E-state index in [0.717, 1.165) is 35.0 Å². The van der Waals surface area contributed by atoms with Crippen LogP contribution in [0.3, 0.4) is 0 Å². The van der Waals surface area contributed by atoms with E-state index in [1.165, 1.54) is 16.9 Å². The molecule has 0 amide bonds. The number of ether oxygens (including phenoxy) is 1. The van der Waals surface area contributed by atoms with Crippen LogP contribution in [0.25, 0.3) is 10.2 Å². The summed E-state index contributed by atoms with van der Waals surface area (Å²) in [4.78, 5) is 34.3. The lowest BCUT2D eigenvalue weighted by Gasteiger charge is -2.13. The third-order valence-electron chi connectivity index (χ3n) is 5.02. The molecule has 6 heteroatoms. The Morgan fingerprint density at radius 2 is 2.04 bits per heavy atom. The number of thiophene rings is 1. The van der Waals surface area contributed by atoms with Crippen LogP contribution >= 0.6 is 11.3 Å². The predicted molar refractivity (Wildman–Crippen MR) is 106 cm³/mol. The molecule has 0 fully saturated rings. The Balaban J connectivity index is 1.44. The van der Waals surface area contributed by atoms with Crippen molar-refractivity contribution in [2.75, 3.05) is 0 Å². The molecule has 0 spiro atoms. The summed E-state index contributed by atoms with van der Waals surface area (Å²) in [5.41, 5.74) is 2.06.